The summed E-state index contributed by atoms with van der Waals surface area (Å²) in [6, 6.07) is 12.0. The normalized spacial score (nSPS) is 12.0. The van der Waals surface area contributed by atoms with E-state index in [1.807, 2.05) is 6.92 Å². The molecular formula is C24H25NO7S2. The number of methoxy groups -OCH3 is 1. The van der Waals surface area contributed by atoms with Crippen molar-refractivity contribution in [1.29, 1.82) is 0 Å². The molecule has 0 radical (unpaired) electrons. The van der Waals surface area contributed by atoms with Crippen molar-refractivity contribution in [2.75, 3.05) is 20.0 Å². The van der Waals surface area contributed by atoms with Crippen LogP contribution in [0.4, 0.5) is 0 Å². The molecule has 10 heteroatoms. The number of ether oxygens (including phenoxy) is 1. The van der Waals surface area contributed by atoms with Gasteiger partial charge in [-0.15, -0.1) is 0 Å². The van der Waals surface area contributed by atoms with E-state index in [1.165, 1.54) is 19.2 Å². The van der Waals surface area contributed by atoms with E-state index in [9.17, 15) is 21.6 Å². The number of carbonyl (C=O) groups excluding carboxylic acids is 1. The van der Waals surface area contributed by atoms with Gasteiger partial charge in [-0.1, -0.05) is 53.5 Å². The topological polar surface area (TPSA) is 116 Å². The van der Waals surface area contributed by atoms with E-state index in [-0.39, 0.29) is 24.3 Å². The summed E-state index contributed by atoms with van der Waals surface area (Å²) in [6.07, 6.45) is 1.05. The Morgan fingerprint density at radius 3 is 2.12 bits per heavy atom. The van der Waals surface area contributed by atoms with E-state index < -0.39 is 32.2 Å². The minimum atomic E-state index is -3.96. The molecule has 2 rings (SSSR count). The number of benzene rings is 2. The molecule has 8 nitrogen and oxygen atoms in total. The number of aryl methyl sites for hydroxylation is 1. The van der Waals surface area contributed by atoms with Gasteiger partial charge in [-0.2, -0.15) is 13.1 Å². The van der Waals surface area contributed by atoms with Gasteiger partial charge < -0.3 is 4.74 Å². The molecule has 1 atom stereocenters. The van der Waals surface area contributed by atoms with E-state index in [1.54, 1.807) is 36.4 Å². The molecule has 0 aromatic heterocycles. The second-order valence-corrected chi connectivity index (χ2v) is 10.5. The minimum absolute atomic E-state index is 0.0282. The number of sulfonamides is 1. The first-order valence-electron chi connectivity index (χ1n) is 10.1. The maximum Gasteiger partial charge on any atom is 0.324 e. The van der Waals surface area contributed by atoms with E-state index in [0.717, 1.165) is 11.8 Å². The maximum absolute atomic E-state index is 12.7. The van der Waals surface area contributed by atoms with Gasteiger partial charge in [0, 0.05) is 24.0 Å². The fraction of sp³-hybridized carbons (Fsp3) is 0.292. The number of nitrogens with one attached hydrogen (secondary N) is 1. The summed E-state index contributed by atoms with van der Waals surface area (Å²) in [5.74, 6) is 10.7. The van der Waals surface area contributed by atoms with Crippen LogP contribution >= 0.6 is 0 Å². The lowest BCUT2D eigenvalue weighted by atomic mass is 10.1. The van der Waals surface area contributed by atoms with E-state index in [2.05, 4.69) is 32.6 Å². The van der Waals surface area contributed by atoms with Crippen LogP contribution in [0.2, 0.25) is 0 Å². The van der Waals surface area contributed by atoms with Crippen LogP contribution in [0, 0.1) is 30.6 Å². The fourth-order valence-electron chi connectivity index (χ4n) is 2.64. The molecule has 0 heterocycles. The first kappa shape index (κ1) is 27.1. The Morgan fingerprint density at radius 1 is 0.971 bits per heavy atom. The first-order chi connectivity index (χ1) is 16.0. The lowest BCUT2D eigenvalue weighted by Crippen LogP contribution is -2.41. The molecule has 0 saturated heterocycles. The third-order valence-corrected chi connectivity index (χ3v) is 6.40. The number of rotatable bonds is 8. The molecule has 34 heavy (non-hydrogen) atoms. The second kappa shape index (κ2) is 12.4. The molecule has 0 aliphatic carbocycles. The molecule has 0 amide bonds. The van der Waals surface area contributed by atoms with Crippen LogP contribution < -0.4 is 4.72 Å². The zero-order valence-corrected chi connectivity index (χ0v) is 20.6. The smallest absolute Gasteiger partial charge is 0.324 e. The number of esters is 1. The largest absolute Gasteiger partial charge is 0.468 e. The molecule has 1 N–H and O–H groups in total. The SMILES string of the molecule is COC(=O)[C@@H](CC#Cc1ccccc1C#CCCOS(C)(=O)=O)NS(=O)(=O)c1ccc(C)cc1. The van der Waals surface area contributed by atoms with Crippen LogP contribution in [0.1, 0.15) is 29.5 Å². The Labute approximate surface area is 200 Å². The van der Waals surface area contributed by atoms with Crippen LogP contribution in [0.3, 0.4) is 0 Å². The van der Waals surface area contributed by atoms with Crippen LogP contribution in [0.5, 0.6) is 0 Å². The molecule has 0 unspecified atom stereocenters. The Bertz CT molecular complexity index is 1340. The Hall–Kier alpha value is -3.15. The zero-order chi connectivity index (χ0) is 25.2. The summed E-state index contributed by atoms with van der Waals surface area (Å²) in [7, 11) is -6.31. The van der Waals surface area contributed by atoms with Gasteiger partial charge in [0.25, 0.3) is 10.1 Å². The van der Waals surface area contributed by atoms with Crippen molar-refractivity contribution >= 4 is 26.1 Å². The van der Waals surface area contributed by atoms with E-state index in [0.29, 0.717) is 11.1 Å². The van der Waals surface area contributed by atoms with Gasteiger partial charge >= 0.3 is 5.97 Å². The zero-order valence-electron chi connectivity index (χ0n) is 19.0. The minimum Gasteiger partial charge on any atom is -0.468 e. The number of carbonyl (C=O) groups is 1. The van der Waals surface area contributed by atoms with Crippen molar-refractivity contribution in [3.8, 4) is 23.7 Å². The Balaban J connectivity index is 2.15. The molecule has 180 valence electrons. The predicted molar refractivity (Wildman–Crippen MR) is 128 cm³/mol. The van der Waals surface area contributed by atoms with Crippen molar-refractivity contribution in [2.24, 2.45) is 0 Å². The molecule has 0 bridgehead atoms. The molecule has 0 aliphatic heterocycles. The highest BCUT2D eigenvalue weighted by atomic mass is 32.2. The lowest BCUT2D eigenvalue weighted by molar-refractivity contribution is -0.142. The number of hydrogen-bond donors (Lipinski definition) is 1. The van der Waals surface area contributed by atoms with Gasteiger partial charge in [0.05, 0.1) is 24.9 Å². The van der Waals surface area contributed by atoms with Gasteiger partial charge in [-0.3, -0.25) is 8.98 Å². The molecule has 2 aromatic carbocycles. The molecule has 0 fully saturated rings. The fourth-order valence-corrected chi connectivity index (χ4v) is 4.21. The summed E-state index contributed by atoms with van der Waals surface area (Å²) >= 11 is 0. The van der Waals surface area contributed by atoms with Crippen molar-refractivity contribution < 1.29 is 30.6 Å². The summed E-state index contributed by atoms with van der Waals surface area (Å²) in [6.45, 7) is 1.78. The van der Waals surface area contributed by atoms with E-state index in [4.69, 9.17) is 4.74 Å². The summed E-state index contributed by atoms with van der Waals surface area (Å²) < 4.78 is 59.0. The van der Waals surface area contributed by atoms with Crippen molar-refractivity contribution in [3.05, 3.63) is 65.2 Å². The molecular weight excluding hydrogens is 478 g/mol. The third kappa shape index (κ3) is 9.00. The molecule has 0 saturated carbocycles. The van der Waals surface area contributed by atoms with Gasteiger partial charge in [0.2, 0.25) is 10.0 Å². The Kier molecular flexibility index (Phi) is 9.84. The van der Waals surface area contributed by atoms with Crippen LogP contribution in [-0.2, 0) is 33.9 Å². The predicted octanol–water partition coefficient (Wildman–Crippen LogP) is 1.97. The van der Waals surface area contributed by atoms with Crippen LogP contribution in [-0.4, -0.2) is 48.8 Å². The summed E-state index contributed by atoms with van der Waals surface area (Å²) in [5.41, 5.74) is 2.08. The summed E-state index contributed by atoms with van der Waals surface area (Å²) in [4.78, 5) is 12.2. The van der Waals surface area contributed by atoms with Gasteiger partial charge in [-0.05, 0) is 31.2 Å². The van der Waals surface area contributed by atoms with Crippen molar-refractivity contribution in [1.82, 2.24) is 4.72 Å². The Morgan fingerprint density at radius 2 is 1.56 bits per heavy atom. The first-order valence-corrected chi connectivity index (χ1v) is 13.4. The average Bonchev–Trinajstić information content (AvgIpc) is 2.78. The molecule has 2 aromatic rings. The highest BCUT2D eigenvalue weighted by Gasteiger charge is 2.25. The molecule has 0 aliphatic rings. The maximum atomic E-state index is 12.7. The van der Waals surface area contributed by atoms with Crippen molar-refractivity contribution in [2.45, 2.75) is 30.7 Å². The van der Waals surface area contributed by atoms with Gasteiger partial charge in [0.15, 0.2) is 0 Å². The highest BCUT2D eigenvalue weighted by Crippen LogP contribution is 2.12. The number of hydrogen-bond acceptors (Lipinski definition) is 7. The van der Waals surface area contributed by atoms with E-state index >= 15 is 0 Å². The molecule has 0 spiro atoms. The average molecular weight is 504 g/mol. The highest BCUT2D eigenvalue weighted by molar-refractivity contribution is 7.89. The lowest BCUT2D eigenvalue weighted by Gasteiger charge is -2.14. The van der Waals surface area contributed by atoms with Gasteiger partial charge in [-0.25, -0.2) is 8.42 Å². The van der Waals surface area contributed by atoms with Crippen LogP contribution in [0.25, 0.3) is 0 Å². The second-order valence-electron chi connectivity index (χ2n) is 7.14. The van der Waals surface area contributed by atoms with Gasteiger partial charge in [0.1, 0.15) is 6.04 Å². The third-order valence-electron chi connectivity index (χ3n) is 4.32. The summed E-state index contributed by atoms with van der Waals surface area (Å²) in [5, 5.41) is 0. The van der Waals surface area contributed by atoms with Crippen LogP contribution in [0.15, 0.2) is 53.4 Å². The monoisotopic (exact) mass is 503 g/mol. The quantitative estimate of drug-likeness (QED) is 0.253. The standard InChI is InChI=1S/C24H25NO7S2/c1-19-14-16-22(17-15-19)34(29,30)25-23(24(26)31-2)13-8-12-21-10-5-4-9-20(21)11-6-7-18-32-33(3,27)28/h4-5,9-10,14-17,23,25H,7,13,18H2,1-3H3/t23-/m1/s1. The van der Waals surface area contributed by atoms with Crippen molar-refractivity contribution in [3.63, 3.8) is 0 Å².